The quantitative estimate of drug-likeness (QED) is 0.677. The molecule has 0 N–H and O–H groups in total. The molecule has 0 unspecified atom stereocenters. The molecular weight excluding hydrogens is 196 g/mol. The lowest BCUT2D eigenvalue weighted by Gasteiger charge is -2.15. The standard InChI is InChI=1S/C15H22O/c1-6-7-14-8-12(4)15(13(5)9-14)16-10-11(2)3/h6,8-9,11H,1,7,10H2,2-5H3. The van der Waals surface area contributed by atoms with Crippen LogP contribution >= 0.6 is 0 Å². The molecule has 1 aromatic rings. The van der Waals surface area contributed by atoms with Gasteiger partial charge in [-0.1, -0.05) is 32.1 Å². The first-order chi connectivity index (χ1) is 7.54. The lowest BCUT2D eigenvalue weighted by Crippen LogP contribution is -2.07. The van der Waals surface area contributed by atoms with Gasteiger partial charge in [0.1, 0.15) is 5.75 Å². The highest BCUT2D eigenvalue weighted by Crippen LogP contribution is 2.25. The number of rotatable bonds is 5. The zero-order valence-corrected chi connectivity index (χ0v) is 10.8. The highest BCUT2D eigenvalue weighted by Gasteiger charge is 2.06. The molecule has 0 spiro atoms. The fraction of sp³-hybridized carbons (Fsp3) is 0.467. The van der Waals surface area contributed by atoms with E-state index in [1.54, 1.807) is 0 Å². The van der Waals surface area contributed by atoms with Crippen molar-refractivity contribution < 1.29 is 4.74 Å². The van der Waals surface area contributed by atoms with Crippen molar-refractivity contribution in [3.63, 3.8) is 0 Å². The Morgan fingerprint density at radius 3 is 2.25 bits per heavy atom. The molecule has 16 heavy (non-hydrogen) atoms. The summed E-state index contributed by atoms with van der Waals surface area (Å²) in [5.41, 5.74) is 3.75. The molecular formula is C15H22O. The number of benzene rings is 1. The van der Waals surface area contributed by atoms with Crippen molar-refractivity contribution in [3.05, 3.63) is 41.5 Å². The minimum Gasteiger partial charge on any atom is -0.493 e. The van der Waals surface area contributed by atoms with E-state index in [2.05, 4.69) is 46.4 Å². The lowest BCUT2D eigenvalue weighted by molar-refractivity contribution is 0.267. The van der Waals surface area contributed by atoms with Gasteiger partial charge in [-0.25, -0.2) is 0 Å². The van der Waals surface area contributed by atoms with E-state index in [1.165, 1.54) is 16.7 Å². The van der Waals surface area contributed by atoms with E-state index in [-0.39, 0.29) is 0 Å². The van der Waals surface area contributed by atoms with Crippen molar-refractivity contribution in [2.75, 3.05) is 6.61 Å². The lowest BCUT2D eigenvalue weighted by atomic mass is 10.0. The second-order valence-corrected chi connectivity index (χ2v) is 4.76. The van der Waals surface area contributed by atoms with Gasteiger partial charge in [0, 0.05) is 0 Å². The molecule has 0 amide bonds. The molecule has 0 saturated carbocycles. The predicted octanol–water partition coefficient (Wildman–Crippen LogP) is 4.07. The van der Waals surface area contributed by atoms with Gasteiger partial charge in [-0.2, -0.15) is 0 Å². The first kappa shape index (κ1) is 12.8. The minimum absolute atomic E-state index is 0.562. The largest absolute Gasteiger partial charge is 0.493 e. The van der Waals surface area contributed by atoms with E-state index in [9.17, 15) is 0 Å². The van der Waals surface area contributed by atoms with Crippen molar-refractivity contribution >= 4 is 0 Å². The predicted molar refractivity (Wildman–Crippen MR) is 70.2 cm³/mol. The van der Waals surface area contributed by atoms with Gasteiger partial charge in [0.25, 0.3) is 0 Å². The van der Waals surface area contributed by atoms with Crippen LogP contribution in [0.2, 0.25) is 0 Å². The molecule has 0 fully saturated rings. The van der Waals surface area contributed by atoms with E-state index in [0.29, 0.717) is 5.92 Å². The minimum atomic E-state index is 0.562. The van der Waals surface area contributed by atoms with Gasteiger partial charge in [-0.05, 0) is 42.9 Å². The number of hydrogen-bond donors (Lipinski definition) is 0. The summed E-state index contributed by atoms with van der Waals surface area (Å²) in [6.07, 6.45) is 2.86. The van der Waals surface area contributed by atoms with Crippen LogP contribution in [-0.4, -0.2) is 6.61 Å². The van der Waals surface area contributed by atoms with E-state index >= 15 is 0 Å². The molecule has 0 saturated heterocycles. The third kappa shape index (κ3) is 3.41. The van der Waals surface area contributed by atoms with E-state index in [0.717, 1.165) is 18.8 Å². The molecule has 0 aliphatic carbocycles. The molecule has 0 aliphatic heterocycles. The fourth-order valence-electron chi connectivity index (χ4n) is 1.80. The van der Waals surface area contributed by atoms with Crippen molar-refractivity contribution in [2.45, 2.75) is 34.1 Å². The van der Waals surface area contributed by atoms with Crippen LogP contribution in [0.15, 0.2) is 24.8 Å². The summed E-state index contributed by atoms with van der Waals surface area (Å²) in [5.74, 6) is 1.60. The Morgan fingerprint density at radius 1 is 1.25 bits per heavy atom. The summed E-state index contributed by atoms with van der Waals surface area (Å²) < 4.78 is 5.84. The van der Waals surface area contributed by atoms with E-state index in [1.807, 2.05) is 6.08 Å². The summed E-state index contributed by atoms with van der Waals surface area (Å²) in [6.45, 7) is 13.1. The topological polar surface area (TPSA) is 9.23 Å². The third-order valence-corrected chi connectivity index (χ3v) is 2.46. The number of ether oxygens (including phenoxy) is 1. The Balaban J connectivity index is 2.89. The summed E-state index contributed by atoms with van der Waals surface area (Å²) in [4.78, 5) is 0. The third-order valence-electron chi connectivity index (χ3n) is 2.46. The average Bonchev–Trinajstić information content (AvgIpc) is 2.16. The molecule has 0 atom stereocenters. The maximum atomic E-state index is 5.84. The Labute approximate surface area is 99.1 Å². The van der Waals surface area contributed by atoms with Crippen LogP contribution < -0.4 is 4.74 Å². The molecule has 1 nitrogen and oxygen atoms in total. The zero-order chi connectivity index (χ0) is 12.1. The van der Waals surface area contributed by atoms with Crippen LogP contribution in [-0.2, 0) is 6.42 Å². The molecule has 1 rings (SSSR count). The van der Waals surface area contributed by atoms with E-state index < -0.39 is 0 Å². The van der Waals surface area contributed by atoms with Crippen LogP contribution in [0.3, 0.4) is 0 Å². The molecule has 1 aromatic carbocycles. The number of hydrogen-bond acceptors (Lipinski definition) is 1. The Kier molecular flexibility index (Phi) is 4.60. The van der Waals surface area contributed by atoms with Crippen LogP contribution in [0.25, 0.3) is 0 Å². The number of aryl methyl sites for hydroxylation is 2. The van der Waals surface area contributed by atoms with Gasteiger partial charge < -0.3 is 4.74 Å². The summed E-state index contributed by atoms with van der Waals surface area (Å²) >= 11 is 0. The monoisotopic (exact) mass is 218 g/mol. The maximum absolute atomic E-state index is 5.84. The Hall–Kier alpha value is -1.24. The van der Waals surface area contributed by atoms with Gasteiger partial charge in [-0.15, -0.1) is 6.58 Å². The zero-order valence-electron chi connectivity index (χ0n) is 10.8. The van der Waals surface area contributed by atoms with Crippen molar-refractivity contribution in [1.29, 1.82) is 0 Å². The normalized spacial score (nSPS) is 10.6. The second-order valence-electron chi connectivity index (χ2n) is 4.76. The molecule has 0 radical (unpaired) electrons. The van der Waals surface area contributed by atoms with Crippen LogP contribution in [0.1, 0.15) is 30.5 Å². The van der Waals surface area contributed by atoms with E-state index in [4.69, 9.17) is 4.74 Å². The maximum Gasteiger partial charge on any atom is 0.125 e. The summed E-state index contributed by atoms with van der Waals surface area (Å²) in [7, 11) is 0. The Morgan fingerprint density at radius 2 is 1.81 bits per heavy atom. The van der Waals surface area contributed by atoms with Gasteiger partial charge in [0.15, 0.2) is 0 Å². The number of allylic oxidation sites excluding steroid dienone is 1. The SMILES string of the molecule is C=CCc1cc(C)c(OCC(C)C)c(C)c1. The van der Waals surface area contributed by atoms with Crippen LogP contribution in [0.4, 0.5) is 0 Å². The van der Waals surface area contributed by atoms with Crippen molar-refractivity contribution in [1.82, 2.24) is 0 Å². The highest BCUT2D eigenvalue weighted by molar-refractivity contribution is 5.43. The smallest absolute Gasteiger partial charge is 0.125 e. The molecule has 0 bridgehead atoms. The first-order valence-corrected chi connectivity index (χ1v) is 5.88. The molecule has 0 heterocycles. The van der Waals surface area contributed by atoms with Crippen molar-refractivity contribution in [3.8, 4) is 5.75 Å². The van der Waals surface area contributed by atoms with Gasteiger partial charge in [0.2, 0.25) is 0 Å². The van der Waals surface area contributed by atoms with Crippen molar-refractivity contribution in [2.24, 2.45) is 5.92 Å². The average molecular weight is 218 g/mol. The Bertz CT molecular complexity index is 341. The first-order valence-electron chi connectivity index (χ1n) is 5.88. The molecule has 88 valence electrons. The summed E-state index contributed by atoms with van der Waals surface area (Å²) in [5, 5.41) is 0. The van der Waals surface area contributed by atoms with Gasteiger partial charge in [-0.3, -0.25) is 0 Å². The summed E-state index contributed by atoms with van der Waals surface area (Å²) in [6, 6.07) is 4.37. The van der Waals surface area contributed by atoms with Gasteiger partial charge >= 0.3 is 0 Å². The fourth-order valence-corrected chi connectivity index (χ4v) is 1.80. The molecule has 0 aromatic heterocycles. The van der Waals surface area contributed by atoms with Crippen LogP contribution in [0.5, 0.6) is 5.75 Å². The second kappa shape index (κ2) is 5.74. The van der Waals surface area contributed by atoms with Gasteiger partial charge in [0.05, 0.1) is 6.61 Å². The molecule has 0 aliphatic rings. The molecule has 1 heteroatoms. The highest BCUT2D eigenvalue weighted by atomic mass is 16.5. The van der Waals surface area contributed by atoms with Crippen LogP contribution in [0, 0.1) is 19.8 Å².